The van der Waals surface area contributed by atoms with Gasteiger partial charge in [-0.05, 0) is 72.9 Å². The number of piperidine rings is 1. The molecule has 0 saturated carbocycles. The molecule has 0 amide bonds. The van der Waals surface area contributed by atoms with Gasteiger partial charge in [-0.25, -0.2) is 4.79 Å². The molecule has 0 atom stereocenters. The first-order valence-electron chi connectivity index (χ1n) is 11.7. The van der Waals surface area contributed by atoms with Crippen LogP contribution in [0.25, 0.3) is 10.8 Å². The highest BCUT2D eigenvalue weighted by Gasteiger charge is 2.27. The summed E-state index contributed by atoms with van der Waals surface area (Å²) in [6.45, 7) is 11.5. The molecule has 4 rings (SSSR count). The van der Waals surface area contributed by atoms with Gasteiger partial charge >= 0.3 is 5.97 Å². The number of hydrogen-bond acceptors (Lipinski definition) is 4. The largest absolute Gasteiger partial charge is 0.478 e. The van der Waals surface area contributed by atoms with Gasteiger partial charge in [-0.1, -0.05) is 32.0 Å². The highest BCUT2D eigenvalue weighted by atomic mass is 16.4. The van der Waals surface area contributed by atoms with Crippen molar-refractivity contribution < 1.29 is 9.90 Å². The molecule has 0 aliphatic carbocycles. The molecule has 1 aliphatic rings. The van der Waals surface area contributed by atoms with Crippen LogP contribution in [0.15, 0.2) is 47.3 Å². The monoisotopic (exact) mass is 447 g/mol. The molecule has 0 unspecified atom stereocenters. The van der Waals surface area contributed by atoms with Crippen LogP contribution in [0.4, 0.5) is 11.5 Å². The van der Waals surface area contributed by atoms with E-state index in [0.29, 0.717) is 29.6 Å². The molecule has 0 spiro atoms. The number of aromatic nitrogens is 1. The second-order valence-corrected chi connectivity index (χ2v) is 9.79. The zero-order valence-electron chi connectivity index (χ0n) is 19.9. The number of benzene rings is 2. The molecule has 1 fully saturated rings. The molecule has 2 heterocycles. The van der Waals surface area contributed by atoms with Crippen molar-refractivity contribution in [2.24, 2.45) is 5.41 Å². The summed E-state index contributed by atoms with van der Waals surface area (Å²) in [4.78, 5) is 27.4. The summed E-state index contributed by atoms with van der Waals surface area (Å²) in [5.41, 5.74) is 3.17. The third kappa shape index (κ3) is 4.61. The van der Waals surface area contributed by atoms with Crippen molar-refractivity contribution in [1.29, 1.82) is 0 Å². The number of carbonyl (C=O) groups is 1. The van der Waals surface area contributed by atoms with Gasteiger partial charge in [0.1, 0.15) is 5.82 Å². The fraction of sp³-hybridized carbons (Fsp3) is 0.407. The molecule has 6 heteroatoms. The number of rotatable bonds is 6. The predicted molar refractivity (Wildman–Crippen MR) is 135 cm³/mol. The summed E-state index contributed by atoms with van der Waals surface area (Å²) >= 11 is 0. The average Bonchev–Trinajstić information content (AvgIpc) is 2.78. The first-order valence-corrected chi connectivity index (χ1v) is 11.7. The Morgan fingerprint density at radius 3 is 2.45 bits per heavy atom. The van der Waals surface area contributed by atoms with Crippen molar-refractivity contribution in [2.45, 2.75) is 53.6 Å². The van der Waals surface area contributed by atoms with Gasteiger partial charge < -0.3 is 15.3 Å². The van der Waals surface area contributed by atoms with E-state index in [1.165, 1.54) is 0 Å². The molecule has 0 bridgehead atoms. The summed E-state index contributed by atoms with van der Waals surface area (Å²) in [6, 6.07) is 13.1. The lowest BCUT2D eigenvalue weighted by molar-refractivity contribution is 0.0698. The van der Waals surface area contributed by atoms with Crippen LogP contribution in [0.2, 0.25) is 0 Å². The lowest BCUT2D eigenvalue weighted by Crippen LogP contribution is -2.40. The van der Waals surface area contributed by atoms with Crippen molar-refractivity contribution >= 4 is 28.2 Å². The van der Waals surface area contributed by atoms with Crippen LogP contribution in [0.5, 0.6) is 0 Å². The van der Waals surface area contributed by atoms with Crippen molar-refractivity contribution in [3.8, 4) is 0 Å². The van der Waals surface area contributed by atoms with E-state index < -0.39 is 5.97 Å². The van der Waals surface area contributed by atoms with Crippen LogP contribution in [-0.4, -0.2) is 28.7 Å². The molecule has 2 aromatic carbocycles. The number of nitrogens with zero attached hydrogens (tertiary/aromatic N) is 2. The standard InChI is InChI=1S/C27H33N3O3/c1-5-30-24(29-12-10-27(3,4)11-13-29)16-21-19(14-18(2)15-22(21)25(30)31)17-28-23-9-7-6-8-20(23)26(32)33/h6-9,14-16,28H,5,10-13,17H2,1-4H3,(H,32,33). The van der Waals surface area contributed by atoms with E-state index in [2.05, 4.69) is 36.2 Å². The minimum atomic E-state index is -0.964. The Kier molecular flexibility index (Phi) is 6.19. The number of pyridine rings is 1. The Balaban J connectivity index is 1.77. The molecule has 0 radical (unpaired) electrons. The van der Waals surface area contributed by atoms with E-state index in [0.717, 1.165) is 48.3 Å². The minimum Gasteiger partial charge on any atom is -0.478 e. The van der Waals surface area contributed by atoms with E-state index in [1.54, 1.807) is 18.2 Å². The molecule has 1 saturated heterocycles. The van der Waals surface area contributed by atoms with Gasteiger partial charge in [-0.3, -0.25) is 9.36 Å². The topological polar surface area (TPSA) is 74.6 Å². The molecule has 33 heavy (non-hydrogen) atoms. The molecular weight excluding hydrogens is 414 g/mol. The van der Waals surface area contributed by atoms with Crippen LogP contribution >= 0.6 is 0 Å². The van der Waals surface area contributed by atoms with Crippen LogP contribution in [0.1, 0.15) is 55.1 Å². The Bertz CT molecular complexity index is 1250. The van der Waals surface area contributed by atoms with Crippen LogP contribution in [0, 0.1) is 12.3 Å². The summed E-state index contributed by atoms with van der Waals surface area (Å²) in [6.07, 6.45) is 2.19. The second kappa shape index (κ2) is 8.93. The molecule has 174 valence electrons. The highest BCUT2D eigenvalue weighted by Crippen LogP contribution is 2.33. The van der Waals surface area contributed by atoms with E-state index >= 15 is 0 Å². The molecule has 3 aromatic rings. The van der Waals surface area contributed by atoms with E-state index in [1.807, 2.05) is 30.5 Å². The van der Waals surface area contributed by atoms with Crippen molar-refractivity contribution in [3.63, 3.8) is 0 Å². The number of carboxylic acids is 1. The van der Waals surface area contributed by atoms with Gasteiger partial charge in [-0.15, -0.1) is 0 Å². The smallest absolute Gasteiger partial charge is 0.337 e. The number of aryl methyl sites for hydroxylation is 1. The Hall–Kier alpha value is -3.28. The number of carboxylic acid groups (broad SMARTS) is 1. The Morgan fingerprint density at radius 1 is 1.09 bits per heavy atom. The van der Waals surface area contributed by atoms with E-state index in [4.69, 9.17) is 0 Å². The quantitative estimate of drug-likeness (QED) is 0.539. The minimum absolute atomic E-state index is 0.0331. The number of nitrogens with one attached hydrogen (secondary N) is 1. The van der Waals surface area contributed by atoms with Crippen LogP contribution in [0.3, 0.4) is 0 Å². The fourth-order valence-electron chi connectivity index (χ4n) is 4.75. The zero-order valence-corrected chi connectivity index (χ0v) is 19.9. The van der Waals surface area contributed by atoms with Crippen LogP contribution in [-0.2, 0) is 13.1 Å². The Morgan fingerprint density at radius 2 is 1.79 bits per heavy atom. The SMILES string of the molecule is CCn1c(N2CCC(C)(C)CC2)cc2c(CNc3ccccc3C(=O)O)cc(C)cc2c1=O. The summed E-state index contributed by atoms with van der Waals surface area (Å²) in [5.74, 6) is 0.00915. The number of hydrogen-bond donors (Lipinski definition) is 2. The molecular formula is C27H33N3O3. The van der Waals surface area contributed by atoms with E-state index in [-0.39, 0.29) is 11.1 Å². The zero-order chi connectivity index (χ0) is 23.8. The molecule has 1 aliphatic heterocycles. The van der Waals surface area contributed by atoms with Gasteiger partial charge in [0.05, 0.1) is 5.56 Å². The van der Waals surface area contributed by atoms with Crippen molar-refractivity contribution in [3.05, 3.63) is 69.5 Å². The first kappa shape index (κ1) is 22.9. The van der Waals surface area contributed by atoms with Crippen molar-refractivity contribution in [1.82, 2.24) is 4.57 Å². The number of fused-ring (bicyclic) bond motifs is 1. The number of para-hydroxylation sites is 1. The second-order valence-electron chi connectivity index (χ2n) is 9.79. The summed E-state index contributed by atoms with van der Waals surface area (Å²) in [7, 11) is 0. The van der Waals surface area contributed by atoms with E-state index in [9.17, 15) is 14.7 Å². The number of anilines is 2. The maximum atomic E-state index is 13.5. The normalized spacial score (nSPS) is 15.6. The van der Waals surface area contributed by atoms with Gasteiger partial charge in [-0.2, -0.15) is 0 Å². The lowest BCUT2D eigenvalue weighted by atomic mass is 9.82. The average molecular weight is 448 g/mol. The predicted octanol–water partition coefficient (Wildman–Crippen LogP) is 5.27. The Labute approximate surface area is 194 Å². The fourth-order valence-corrected chi connectivity index (χ4v) is 4.75. The van der Waals surface area contributed by atoms with Gasteiger partial charge in [0.2, 0.25) is 0 Å². The lowest BCUT2D eigenvalue weighted by Gasteiger charge is -2.39. The summed E-state index contributed by atoms with van der Waals surface area (Å²) < 4.78 is 1.89. The highest BCUT2D eigenvalue weighted by molar-refractivity contribution is 5.94. The molecule has 2 N–H and O–H groups in total. The maximum absolute atomic E-state index is 13.5. The molecule has 1 aromatic heterocycles. The maximum Gasteiger partial charge on any atom is 0.337 e. The summed E-state index contributed by atoms with van der Waals surface area (Å²) in [5, 5.41) is 14.4. The first-order chi connectivity index (χ1) is 15.7. The third-order valence-corrected chi connectivity index (χ3v) is 6.82. The van der Waals surface area contributed by atoms with Gasteiger partial charge in [0, 0.05) is 37.3 Å². The molecule has 6 nitrogen and oxygen atoms in total. The van der Waals surface area contributed by atoms with Gasteiger partial charge in [0.25, 0.3) is 5.56 Å². The third-order valence-electron chi connectivity index (χ3n) is 6.82. The van der Waals surface area contributed by atoms with Gasteiger partial charge in [0.15, 0.2) is 0 Å². The van der Waals surface area contributed by atoms with Crippen molar-refractivity contribution in [2.75, 3.05) is 23.3 Å². The number of aromatic carboxylic acids is 1. The van der Waals surface area contributed by atoms with Crippen LogP contribution < -0.4 is 15.8 Å².